The minimum atomic E-state index is -1.48. The Labute approximate surface area is 385 Å². The van der Waals surface area contributed by atoms with Crippen molar-refractivity contribution in [1.82, 2.24) is 9.97 Å². The lowest BCUT2D eigenvalue weighted by Gasteiger charge is -2.61. The number of rotatable bonds is 1. The Balaban J connectivity index is 0.769. The van der Waals surface area contributed by atoms with Crippen LogP contribution in [0.1, 0.15) is 143 Å². The molecule has 4 saturated carbocycles. The summed E-state index contributed by atoms with van der Waals surface area (Å²) in [7, 11) is 0. The number of aromatic nitrogens is 2. The van der Waals surface area contributed by atoms with Gasteiger partial charge < -0.3 is 44.5 Å². The van der Waals surface area contributed by atoms with Crippen LogP contribution in [0, 0.1) is 74.9 Å². The summed E-state index contributed by atoms with van der Waals surface area (Å²) >= 11 is 0. The number of fused-ring (bicyclic) bond motifs is 16. The van der Waals surface area contributed by atoms with E-state index >= 15 is 0 Å². The Morgan fingerprint density at radius 2 is 1.29 bits per heavy atom. The molecule has 0 aromatic carbocycles. The SMILES string of the molecule is C[C@@H]1[C@]2(O[C@H]3C=C4[C@@H]5CC[C@H]6Cc7nc8c(nc7C[C@]6(C)[C@H]5C[C@@H](O)[C@]4(C)[C@]31O)C[C@@H]1CC[C@H]3C4=C[C@@H]5O[C@@]6(CCC(C)(C)O6)[C@@H](C)[C@@H]5[C@@]4(C)[C@H](O)C[C@@H]3[C@@]1(C)C8)O[C@](C)(CO)C[C@H]2O. The molecule has 11 heteroatoms. The second-order valence-corrected chi connectivity index (χ2v) is 26.3. The lowest BCUT2D eigenvalue weighted by Crippen LogP contribution is -2.65. The molecule has 0 radical (unpaired) electrons. The fourth-order valence-corrected chi connectivity index (χ4v) is 19.4. The molecule has 1 aromatic heterocycles. The molecule has 0 unspecified atom stereocenters. The van der Waals surface area contributed by atoms with Crippen LogP contribution in [0.2, 0.25) is 0 Å². The minimum absolute atomic E-state index is 0.0117. The van der Waals surface area contributed by atoms with Gasteiger partial charge in [-0.05, 0) is 138 Å². The third kappa shape index (κ3) is 5.01. The first-order valence-electron chi connectivity index (χ1n) is 26.0. The van der Waals surface area contributed by atoms with E-state index in [4.69, 9.17) is 28.9 Å². The molecular weight excluding hydrogens is 821 g/mol. The van der Waals surface area contributed by atoms with Gasteiger partial charge >= 0.3 is 0 Å². The maximum absolute atomic E-state index is 12.9. The molecule has 22 atom stereocenters. The number of aliphatic hydroxyl groups excluding tert-OH is 4. The summed E-state index contributed by atoms with van der Waals surface area (Å²) in [4.78, 5) is 11.2. The van der Waals surface area contributed by atoms with Crippen molar-refractivity contribution < 1.29 is 44.5 Å². The van der Waals surface area contributed by atoms with Crippen molar-refractivity contribution in [2.24, 2.45) is 74.9 Å². The average molecular weight is 897 g/mol. The molecule has 0 amide bonds. The largest absolute Gasteiger partial charge is 0.393 e. The number of ether oxygens (including phenoxy) is 4. The Kier molecular flexibility index (Phi) is 8.60. The van der Waals surface area contributed by atoms with Crippen LogP contribution >= 0.6 is 0 Å². The Bertz CT molecular complexity index is 2320. The molecule has 0 bridgehead atoms. The van der Waals surface area contributed by atoms with E-state index in [9.17, 15) is 25.5 Å². The van der Waals surface area contributed by atoms with Gasteiger partial charge in [-0.1, -0.05) is 64.8 Å². The summed E-state index contributed by atoms with van der Waals surface area (Å²) in [5.41, 5.74) is 3.25. The predicted octanol–water partition coefficient (Wildman–Crippen LogP) is 6.32. The number of hydrogen-bond donors (Lipinski definition) is 5. The van der Waals surface area contributed by atoms with Crippen molar-refractivity contribution >= 4 is 0 Å². The van der Waals surface area contributed by atoms with Crippen LogP contribution in [0.3, 0.4) is 0 Å². The molecule has 12 aliphatic rings. The predicted molar refractivity (Wildman–Crippen MR) is 240 cm³/mol. The van der Waals surface area contributed by atoms with Gasteiger partial charge in [0, 0.05) is 41.4 Å². The fraction of sp³-hybridized carbons (Fsp3) is 0.852. The molecule has 8 fully saturated rings. The Hall–Kier alpha value is -1.80. The van der Waals surface area contributed by atoms with Crippen molar-refractivity contribution in [3.63, 3.8) is 0 Å². The minimum Gasteiger partial charge on any atom is -0.393 e. The van der Waals surface area contributed by atoms with Gasteiger partial charge in [0.25, 0.3) is 0 Å². The highest BCUT2D eigenvalue weighted by atomic mass is 16.7. The molecule has 5 heterocycles. The highest BCUT2D eigenvalue weighted by Gasteiger charge is 2.79. The highest BCUT2D eigenvalue weighted by Crippen LogP contribution is 2.73. The van der Waals surface area contributed by atoms with Crippen molar-refractivity contribution in [1.29, 1.82) is 0 Å². The summed E-state index contributed by atoms with van der Waals surface area (Å²) in [6.07, 6.45) is 13.0. The van der Waals surface area contributed by atoms with E-state index < -0.39 is 58.5 Å². The lowest BCUT2D eigenvalue weighted by molar-refractivity contribution is -0.280. The molecule has 8 aliphatic carbocycles. The zero-order valence-corrected chi connectivity index (χ0v) is 40.4. The fourth-order valence-electron chi connectivity index (χ4n) is 19.4. The van der Waals surface area contributed by atoms with Crippen molar-refractivity contribution in [3.05, 3.63) is 46.1 Å². The smallest absolute Gasteiger partial charge is 0.201 e. The molecule has 1 aromatic rings. The van der Waals surface area contributed by atoms with E-state index in [1.165, 1.54) is 22.7 Å². The van der Waals surface area contributed by atoms with Gasteiger partial charge in [0.05, 0.1) is 58.9 Å². The molecule has 13 rings (SSSR count). The molecule has 11 nitrogen and oxygen atoms in total. The monoisotopic (exact) mass is 897 g/mol. The third-order valence-corrected chi connectivity index (χ3v) is 23.2. The quantitative estimate of drug-likeness (QED) is 0.201. The highest BCUT2D eigenvalue weighted by molar-refractivity contribution is 5.44. The van der Waals surface area contributed by atoms with Crippen LogP contribution in [0.25, 0.3) is 0 Å². The molecule has 2 spiro atoms. The van der Waals surface area contributed by atoms with E-state index in [2.05, 4.69) is 53.7 Å². The van der Waals surface area contributed by atoms with Crippen LogP contribution in [-0.2, 0) is 44.6 Å². The Morgan fingerprint density at radius 3 is 1.86 bits per heavy atom. The Morgan fingerprint density at radius 1 is 0.692 bits per heavy atom. The first kappa shape index (κ1) is 43.2. The maximum atomic E-state index is 12.9. The van der Waals surface area contributed by atoms with Gasteiger partial charge in [-0.15, -0.1) is 0 Å². The van der Waals surface area contributed by atoms with Gasteiger partial charge in [0.15, 0.2) is 5.79 Å². The van der Waals surface area contributed by atoms with E-state index in [-0.39, 0.29) is 64.6 Å². The summed E-state index contributed by atoms with van der Waals surface area (Å²) < 4.78 is 26.7. The number of aliphatic hydroxyl groups is 5. The summed E-state index contributed by atoms with van der Waals surface area (Å²) in [6, 6.07) is 0. The standard InChI is InChI=1S/C54H76N2O9/c1-26-45-40(62-52(26)15-14-46(3,4)64-52)18-34-30-12-10-28-16-36-38(22-48(28,6)32(30)19-41(58)50(34,45)8)55-37-17-29-11-13-31-33(49(29,7)23-39(37)56-36)20-42(59)51(9)35(31)21-44-53(51,61)27(2)54(63-44)43(60)24-47(5,25-57)65-54/h18,21,26-33,40-45,57-61H,10-17,19-20,22-25H2,1-9H3/t26-,27-,28-,29-,30+,31+,32-,33-,40-,41+,42+,43+,44-,45-,47-,48-,49-,50+,51+,52+,53+,54-/m0/s1. The molecular formula is C54H76N2O9. The van der Waals surface area contributed by atoms with E-state index in [1.54, 1.807) is 6.92 Å². The summed E-state index contributed by atoms with van der Waals surface area (Å²) in [6.45, 7) is 19.4. The molecule has 4 aliphatic heterocycles. The zero-order valence-electron chi connectivity index (χ0n) is 40.4. The maximum Gasteiger partial charge on any atom is 0.201 e. The summed E-state index contributed by atoms with van der Waals surface area (Å²) in [5, 5.41) is 59.4. The summed E-state index contributed by atoms with van der Waals surface area (Å²) in [5.74, 6) is -0.110. The topological polar surface area (TPSA) is 164 Å². The van der Waals surface area contributed by atoms with Crippen LogP contribution in [0.15, 0.2) is 23.3 Å². The van der Waals surface area contributed by atoms with Crippen LogP contribution < -0.4 is 0 Å². The van der Waals surface area contributed by atoms with Crippen LogP contribution in [0.5, 0.6) is 0 Å². The van der Waals surface area contributed by atoms with E-state index in [1.807, 2.05) is 13.8 Å². The number of hydrogen-bond acceptors (Lipinski definition) is 11. The van der Waals surface area contributed by atoms with Crippen molar-refractivity contribution in [2.75, 3.05) is 6.61 Å². The van der Waals surface area contributed by atoms with Gasteiger partial charge in [-0.2, -0.15) is 0 Å². The van der Waals surface area contributed by atoms with Gasteiger partial charge in [-0.3, -0.25) is 9.97 Å². The van der Waals surface area contributed by atoms with E-state index in [0.29, 0.717) is 30.1 Å². The normalized spacial score (nSPS) is 58.4. The first-order valence-corrected chi connectivity index (χ1v) is 26.0. The second kappa shape index (κ2) is 12.9. The first-order chi connectivity index (χ1) is 30.5. The molecule has 5 N–H and O–H groups in total. The molecule has 65 heavy (non-hydrogen) atoms. The van der Waals surface area contributed by atoms with Gasteiger partial charge in [0.1, 0.15) is 17.8 Å². The van der Waals surface area contributed by atoms with Gasteiger partial charge in [0.2, 0.25) is 5.79 Å². The van der Waals surface area contributed by atoms with Crippen molar-refractivity contribution in [3.8, 4) is 0 Å². The average Bonchev–Trinajstić information content (AvgIpc) is 4.00. The van der Waals surface area contributed by atoms with Crippen LogP contribution in [0.4, 0.5) is 0 Å². The molecule has 356 valence electrons. The molecule has 4 saturated heterocycles. The van der Waals surface area contributed by atoms with Gasteiger partial charge in [-0.25, -0.2) is 0 Å². The van der Waals surface area contributed by atoms with Crippen molar-refractivity contribution in [2.45, 2.75) is 205 Å². The zero-order chi connectivity index (χ0) is 45.6. The third-order valence-electron chi connectivity index (χ3n) is 23.2. The van der Waals surface area contributed by atoms with E-state index in [0.717, 1.165) is 81.9 Å². The second-order valence-electron chi connectivity index (χ2n) is 26.3. The number of nitrogens with zero attached hydrogens (tertiary/aromatic N) is 2. The van der Waals surface area contributed by atoms with Crippen LogP contribution in [-0.4, -0.2) is 101 Å². The lowest BCUT2D eigenvalue weighted by atomic mass is 9.44.